The van der Waals surface area contributed by atoms with Crippen LogP contribution in [-0.2, 0) is 25.7 Å². The maximum absolute atomic E-state index is 10.6. The first kappa shape index (κ1) is 40.8. The van der Waals surface area contributed by atoms with Gasteiger partial charge < -0.3 is 25.0 Å². The maximum Gasteiger partial charge on any atom is 0.490 e. The number of anilines is 1. The average Bonchev–Trinajstić information content (AvgIpc) is 3.32. The molecule has 1 spiro atoms. The van der Waals surface area contributed by atoms with Crippen LogP contribution >= 0.6 is 0 Å². The fraction of sp³-hybridized carbons (Fsp3) is 0.538. The highest BCUT2D eigenvalue weighted by Crippen LogP contribution is 2.44. The topological polar surface area (TPSA) is 166 Å². The molecule has 0 saturated carbocycles. The van der Waals surface area contributed by atoms with Crippen molar-refractivity contribution < 1.29 is 74.0 Å². The Labute approximate surface area is 260 Å². The van der Waals surface area contributed by atoms with Gasteiger partial charge in [0.05, 0.1) is 12.6 Å². The summed E-state index contributed by atoms with van der Waals surface area (Å²) in [5, 5.41) is 21.4. The van der Waals surface area contributed by atoms with E-state index in [1.54, 1.807) is 7.11 Å². The van der Waals surface area contributed by atoms with E-state index in [1.807, 2.05) is 36.9 Å². The number of ether oxygens (including phenoxy) is 1. The molecule has 4 rings (SSSR count). The zero-order valence-electron chi connectivity index (χ0n) is 24.4. The van der Waals surface area contributed by atoms with Gasteiger partial charge in [-0.15, -0.1) is 0 Å². The predicted molar refractivity (Wildman–Crippen MR) is 142 cm³/mol. The van der Waals surface area contributed by atoms with Crippen molar-refractivity contribution in [1.82, 2.24) is 19.9 Å². The Hall–Kier alpha value is -4.27. The number of carbonyl (C=O) groups is 3. The number of halogens is 9. The standard InChI is InChI=1S/C20H27N5O.3C2HF3O2/c1-26-15-18-12-20(16-25(18)19-22-8-3-9-23-19)5-10-24(11-6-20)14-17-4-2-7-21-13-17;3*3-2(4,5)1(6)7/h2-4,7-9,13,18H,5-6,10-12,14-16H2,1H3;3*(H,6,7). The minimum Gasteiger partial charge on any atom is -0.475 e. The number of carboxylic acids is 3. The van der Waals surface area contributed by atoms with E-state index < -0.39 is 36.4 Å². The molecular formula is C26H30F9N5O7. The number of likely N-dealkylation sites (tertiary alicyclic amines) is 1. The maximum atomic E-state index is 10.6. The highest BCUT2D eigenvalue weighted by Gasteiger charge is 2.46. The van der Waals surface area contributed by atoms with Crippen molar-refractivity contribution in [3.8, 4) is 0 Å². The van der Waals surface area contributed by atoms with Crippen LogP contribution in [0.2, 0.25) is 0 Å². The number of hydrogen-bond donors (Lipinski definition) is 3. The second-order valence-electron chi connectivity index (χ2n) is 10.0. The Bertz CT molecular complexity index is 1200. The van der Waals surface area contributed by atoms with Crippen molar-refractivity contribution >= 4 is 23.9 Å². The van der Waals surface area contributed by atoms with E-state index in [4.69, 9.17) is 34.4 Å². The van der Waals surface area contributed by atoms with E-state index in [0.29, 0.717) is 11.5 Å². The summed E-state index contributed by atoms with van der Waals surface area (Å²) in [6.07, 6.45) is -4.18. The predicted octanol–water partition coefficient (Wildman–Crippen LogP) is 4.28. The molecular weight excluding hydrogens is 665 g/mol. The number of aromatic nitrogens is 3. The molecule has 2 aromatic rings. The van der Waals surface area contributed by atoms with Gasteiger partial charge in [-0.25, -0.2) is 24.4 Å². The van der Waals surface area contributed by atoms with Crippen molar-refractivity contribution in [2.45, 2.75) is 50.4 Å². The zero-order chi connectivity index (χ0) is 36.1. The molecule has 0 amide bonds. The molecule has 2 fully saturated rings. The summed E-state index contributed by atoms with van der Waals surface area (Å²) in [7, 11) is 1.78. The first-order chi connectivity index (χ1) is 21.6. The van der Waals surface area contributed by atoms with E-state index in [-0.39, 0.29) is 0 Å². The Kier molecular flexibility index (Phi) is 15.3. The van der Waals surface area contributed by atoms with Crippen molar-refractivity contribution in [1.29, 1.82) is 0 Å². The Balaban J connectivity index is 0.000000430. The van der Waals surface area contributed by atoms with Gasteiger partial charge in [0.25, 0.3) is 0 Å². The van der Waals surface area contributed by atoms with E-state index >= 15 is 0 Å². The van der Waals surface area contributed by atoms with E-state index in [9.17, 15) is 39.5 Å². The van der Waals surface area contributed by atoms with Crippen LogP contribution in [0, 0.1) is 5.41 Å². The van der Waals surface area contributed by atoms with Crippen LogP contribution in [0.4, 0.5) is 45.5 Å². The van der Waals surface area contributed by atoms with Crippen LogP contribution in [0.25, 0.3) is 0 Å². The minimum absolute atomic E-state index is 0.355. The van der Waals surface area contributed by atoms with Gasteiger partial charge in [0, 0.05) is 45.0 Å². The molecule has 2 aliphatic rings. The summed E-state index contributed by atoms with van der Waals surface area (Å²) >= 11 is 0. The van der Waals surface area contributed by atoms with Crippen molar-refractivity contribution in [3.05, 3.63) is 48.5 Å². The molecule has 2 saturated heterocycles. The summed E-state index contributed by atoms with van der Waals surface area (Å²) in [6, 6.07) is 6.42. The number of aliphatic carboxylic acids is 3. The Morgan fingerprint density at radius 2 is 1.32 bits per heavy atom. The molecule has 2 aliphatic heterocycles. The zero-order valence-corrected chi connectivity index (χ0v) is 24.4. The van der Waals surface area contributed by atoms with Gasteiger partial charge in [0.15, 0.2) is 0 Å². The highest BCUT2D eigenvalue weighted by molar-refractivity contribution is 5.73. The smallest absolute Gasteiger partial charge is 0.475 e. The molecule has 1 atom stereocenters. The van der Waals surface area contributed by atoms with Crippen molar-refractivity contribution in [2.24, 2.45) is 5.41 Å². The summed E-state index contributed by atoms with van der Waals surface area (Å²) in [5.41, 5.74) is 1.65. The number of nitrogens with zero attached hydrogens (tertiary/aromatic N) is 5. The first-order valence-electron chi connectivity index (χ1n) is 13.2. The van der Waals surface area contributed by atoms with Crippen LogP contribution in [-0.4, -0.2) is 111 Å². The van der Waals surface area contributed by atoms with E-state index in [2.05, 4.69) is 30.8 Å². The molecule has 21 heteroatoms. The van der Waals surface area contributed by atoms with Gasteiger partial charge in [-0.1, -0.05) is 6.07 Å². The van der Waals surface area contributed by atoms with Gasteiger partial charge >= 0.3 is 36.4 Å². The Morgan fingerprint density at radius 3 is 1.70 bits per heavy atom. The van der Waals surface area contributed by atoms with Crippen LogP contribution in [0.5, 0.6) is 0 Å². The van der Waals surface area contributed by atoms with Gasteiger partial charge in [-0.2, -0.15) is 39.5 Å². The lowest BCUT2D eigenvalue weighted by atomic mass is 9.76. The van der Waals surface area contributed by atoms with Gasteiger partial charge in [0.1, 0.15) is 0 Å². The fourth-order valence-corrected chi connectivity index (χ4v) is 4.48. The summed E-state index contributed by atoms with van der Waals surface area (Å²) in [4.78, 5) is 44.8. The molecule has 47 heavy (non-hydrogen) atoms. The lowest BCUT2D eigenvalue weighted by Crippen LogP contribution is -2.41. The number of hydrogen-bond acceptors (Lipinski definition) is 9. The third-order valence-corrected chi connectivity index (χ3v) is 6.56. The number of rotatable bonds is 5. The molecule has 1 unspecified atom stereocenters. The molecule has 2 aromatic heterocycles. The lowest BCUT2D eigenvalue weighted by molar-refractivity contribution is -0.193. The molecule has 0 bridgehead atoms. The third kappa shape index (κ3) is 14.8. The molecule has 0 radical (unpaired) electrons. The van der Waals surface area contributed by atoms with Crippen LogP contribution in [0.3, 0.4) is 0 Å². The monoisotopic (exact) mass is 695 g/mol. The Morgan fingerprint density at radius 1 is 0.851 bits per heavy atom. The van der Waals surface area contributed by atoms with Gasteiger partial charge in [0.2, 0.25) is 5.95 Å². The first-order valence-corrected chi connectivity index (χ1v) is 13.2. The molecule has 0 aliphatic carbocycles. The fourth-order valence-electron chi connectivity index (χ4n) is 4.48. The second kappa shape index (κ2) is 17.6. The summed E-state index contributed by atoms with van der Waals surface area (Å²) in [6.45, 7) is 5.04. The van der Waals surface area contributed by atoms with Crippen molar-refractivity contribution in [3.63, 3.8) is 0 Å². The molecule has 12 nitrogen and oxygen atoms in total. The van der Waals surface area contributed by atoms with Gasteiger partial charge in [-0.05, 0) is 55.5 Å². The largest absolute Gasteiger partial charge is 0.490 e. The number of methoxy groups -OCH3 is 1. The number of piperidine rings is 1. The minimum atomic E-state index is -5.08. The SMILES string of the molecule is COCC1CC2(CCN(Cc3cccnc3)CC2)CN1c1ncccn1.O=C(O)C(F)(F)F.O=C(O)C(F)(F)F.O=C(O)C(F)(F)F. The van der Waals surface area contributed by atoms with Gasteiger partial charge in [-0.3, -0.25) is 9.88 Å². The van der Waals surface area contributed by atoms with E-state index in [1.165, 1.54) is 24.8 Å². The highest BCUT2D eigenvalue weighted by atomic mass is 19.4. The quantitative estimate of drug-likeness (QED) is 0.381. The van der Waals surface area contributed by atoms with E-state index in [0.717, 1.165) is 38.7 Å². The lowest BCUT2D eigenvalue weighted by Gasteiger charge is -2.39. The third-order valence-electron chi connectivity index (χ3n) is 6.56. The summed E-state index contributed by atoms with van der Waals surface area (Å²) in [5.74, 6) is -7.43. The molecule has 0 aromatic carbocycles. The second-order valence-corrected chi connectivity index (χ2v) is 10.0. The number of carboxylic acid groups (broad SMARTS) is 3. The summed E-state index contributed by atoms with van der Waals surface area (Å²) < 4.78 is 101. The normalized spacial score (nSPS) is 17.7. The number of alkyl halides is 9. The molecule has 4 heterocycles. The molecule has 264 valence electrons. The van der Waals surface area contributed by atoms with Crippen molar-refractivity contribution in [2.75, 3.05) is 38.3 Å². The van der Waals surface area contributed by atoms with Crippen LogP contribution < -0.4 is 4.90 Å². The van der Waals surface area contributed by atoms with Crippen LogP contribution in [0.15, 0.2) is 43.0 Å². The average molecular weight is 696 g/mol. The van der Waals surface area contributed by atoms with Crippen LogP contribution in [0.1, 0.15) is 24.8 Å². The molecule has 3 N–H and O–H groups in total. The number of pyridine rings is 1.